The number of carbonyl (C=O) groups is 1. The van der Waals surface area contributed by atoms with Crippen LogP contribution >= 0.6 is 11.6 Å². The lowest BCUT2D eigenvalue weighted by molar-refractivity contribution is -0.124. The van der Waals surface area contributed by atoms with Gasteiger partial charge < -0.3 is 10.1 Å². The van der Waals surface area contributed by atoms with Crippen molar-refractivity contribution in [3.8, 4) is 5.75 Å². The standard InChI is InChI=1S/C13H17ClFNO2/c1-4-13(2,3)16-12(17)8-18-11-6-5-9(15)7-10(11)14/h5-7H,4,8H2,1-3H3,(H,16,17). The lowest BCUT2D eigenvalue weighted by Gasteiger charge is -2.24. The zero-order valence-corrected chi connectivity index (χ0v) is 11.5. The van der Waals surface area contributed by atoms with Crippen LogP contribution in [0.5, 0.6) is 5.75 Å². The van der Waals surface area contributed by atoms with Crippen LogP contribution in [-0.4, -0.2) is 18.1 Å². The average Bonchev–Trinajstić information content (AvgIpc) is 2.27. The molecule has 0 atom stereocenters. The van der Waals surface area contributed by atoms with Crippen molar-refractivity contribution < 1.29 is 13.9 Å². The fourth-order valence-electron chi connectivity index (χ4n) is 1.24. The van der Waals surface area contributed by atoms with Gasteiger partial charge in [0.05, 0.1) is 5.02 Å². The highest BCUT2D eigenvalue weighted by molar-refractivity contribution is 6.32. The molecule has 3 nitrogen and oxygen atoms in total. The Morgan fingerprint density at radius 3 is 2.72 bits per heavy atom. The van der Waals surface area contributed by atoms with E-state index in [1.807, 2.05) is 20.8 Å². The van der Waals surface area contributed by atoms with E-state index in [0.29, 0.717) is 5.75 Å². The maximum absolute atomic E-state index is 12.8. The number of benzene rings is 1. The number of rotatable bonds is 5. The molecule has 0 aliphatic carbocycles. The molecule has 0 aliphatic heterocycles. The predicted octanol–water partition coefficient (Wildman–Crippen LogP) is 3.16. The molecule has 1 aromatic carbocycles. The number of halogens is 2. The first-order valence-corrected chi connectivity index (χ1v) is 6.11. The summed E-state index contributed by atoms with van der Waals surface area (Å²) in [6.45, 7) is 5.69. The topological polar surface area (TPSA) is 38.3 Å². The molecule has 0 bridgehead atoms. The smallest absolute Gasteiger partial charge is 0.258 e. The zero-order chi connectivity index (χ0) is 13.8. The van der Waals surface area contributed by atoms with Gasteiger partial charge in [-0.15, -0.1) is 0 Å². The van der Waals surface area contributed by atoms with E-state index >= 15 is 0 Å². The molecule has 5 heteroatoms. The highest BCUT2D eigenvalue weighted by Crippen LogP contribution is 2.24. The average molecular weight is 274 g/mol. The van der Waals surface area contributed by atoms with E-state index in [1.54, 1.807) is 0 Å². The van der Waals surface area contributed by atoms with Crippen molar-refractivity contribution in [3.05, 3.63) is 29.0 Å². The van der Waals surface area contributed by atoms with Gasteiger partial charge in [-0.25, -0.2) is 4.39 Å². The van der Waals surface area contributed by atoms with Gasteiger partial charge in [0.2, 0.25) is 0 Å². The number of hydrogen-bond acceptors (Lipinski definition) is 2. The van der Waals surface area contributed by atoms with Crippen LogP contribution in [0.15, 0.2) is 18.2 Å². The molecular weight excluding hydrogens is 257 g/mol. The second-order valence-electron chi connectivity index (χ2n) is 4.65. The Bertz CT molecular complexity index is 435. The summed E-state index contributed by atoms with van der Waals surface area (Å²) in [4.78, 5) is 11.6. The lowest BCUT2D eigenvalue weighted by Crippen LogP contribution is -2.44. The molecule has 0 aromatic heterocycles. The minimum Gasteiger partial charge on any atom is -0.482 e. The van der Waals surface area contributed by atoms with Crippen molar-refractivity contribution in [1.82, 2.24) is 5.32 Å². The van der Waals surface area contributed by atoms with E-state index in [4.69, 9.17) is 16.3 Å². The highest BCUT2D eigenvalue weighted by atomic mass is 35.5. The Labute approximate surface area is 111 Å². The quantitative estimate of drug-likeness (QED) is 0.895. The second kappa shape index (κ2) is 6.05. The van der Waals surface area contributed by atoms with Crippen LogP contribution in [-0.2, 0) is 4.79 Å². The van der Waals surface area contributed by atoms with E-state index in [9.17, 15) is 9.18 Å². The summed E-state index contributed by atoms with van der Waals surface area (Å²) in [5, 5.41) is 2.98. The van der Waals surface area contributed by atoms with E-state index in [-0.39, 0.29) is 23.1 Å². The molecule has 18 heavy (non-hydrogen) atoms. The monoisotopic (exact) mass is 273 g/mol. The minimum absolute atomic E-state index is 0.144. The third-order valence-corrected chi connectivity index (χ3v) is 2.91. The van der Waals surface area contributed by atoms with Gasteiger partial charge in [0.15, 0.2) is 6.61 Å². The summed E-state index contributed by atoms with van der Waals surface area (Å²) in [5.41, 5.74) is -0.271. The lowest BCUT2D eigenvalue weighted by atomic mass is 10.0. The SMILES string of the molecule is CCC(C)(C)NC(=O)COc1ccc(F)cc1Cl. The Kier molecular flexibility index (Phi) is 4.96. The van der Waals surface area contributed by atoms with Crippen LogP contribution in [0.1, 0.15) is 27.2 Å². The molecule has 1 N–H and O–H groups in total. The molecule has 0 saturated heterocycles. The van der Waals surface area contributed by atoms with Gasteiger partial charge in [-0.2, -0.15) is 0 Å². The van der Waals surface area contributed by atoms with Crippen molar-refractivity contribution in [2.75, 3.05) is 6.61 Å². The number of amides is 1. The number of nitrogens with one attached hydrogen (secondary N) is 1. The fraction of sp³-hybridized carbons (Fsp3) is 0.462. The van der Waals surface area contributed by atoms with Crippen LogP contribution in [0.2, 0.25) is 5.02 Å². The summed E-state index contributed by atoms with van der Waals surface area (Å²) in [6.07, 6.45) is 0.816. The van der Waals surface area contributed by atoms with Crippen molar-refractivity contribution in [2.24, 2.45) is 0 Å². The molecule has 0 spiro atoms. The van der Waals surface area contributed by atoms with Gasteiger partial charge in [0, 0.05) is 5.54 Å². The van der Waals surface area contributed by atoms with Crippen molar-refractivity contribution >= 4 is 17.5 Å². The van der Waals surface area contributed by atoms with Gasteiger partial charge in [-0.1, -0.05) is 18.5 Å². The number of hydrogen-bond donors (Lipinski definition) is 1. The molecule has 0 radical (unpaired) electrons. The summed E-state index contributed by atoms with van der Waals surface area (Å²) >= 11 is 5.78. The third-order valence-electron chi connectivity index (χ3n) is 2.61. The normalized spacial score (nSPS) is 11.2. The number of carbonyl (C=O) groups excluding carboxylic acids is 1. The Balaban J connectivity index is 2.53. The first-order valence-electron chi connectivity index (χ1n) is 5.73. The van der Waals surface area contributed by atoms with E-state index < -0.39 is 5.82 Å². The fourth-order valence-corrected chi connectivity index (χ4v) is 1.46. The van der Waals surface area contributed by atoms with Crippen LogP contribution in [0.3, 0.4) is 0 Å². The maximum atomic E-state index is 12.8. The van der Waals surface area contributed by atoms with Crippen molar-refractivity contribution in [1.29, 1.82) is 0 Å². The molecule has 1 rings (SSSR count). The third kappa shape index (κ3) is 4.53. The molecule has 0 saturated carbocycles. The van der Waals surface area contributed by atoms with E-state index in [0.717, 1.165) is 12.5 Å². The zero-order valence-electron chi connectivity index (χ0n) is 10.7. The number of ether oxygens (including phenoxy) is 1. The molecule has 1 amide bonds. The Morgan fingerprint density at radius 1 is 1.50 bits per heavy atom. The van der Waals surface area contributed by atoms with Gasteiger partial charge in [-0.3, -0.25) is 4.79 Å². The van der Waals surface area contributed by atoms with Gasteiger partial charge in [0.1, 0.15) is 11.6 Å². The van der Waals surface area contributed by atoms with E-state index in [1.165, 1.54) is 12.1 Å². The predicted molar refractivity (Wildman–Crippen MR) is 69.4 cm³/mol. The van der Waals surface area contributed by atoms with Crippen molar-refractivity contribution in [3.63, 3.8) is 0 Å². The second-order valence-corrected chi connectivity index (χ2v) is 5.06. The van der Waals surface area contributed by atoms with E-state index in [2.05, 4.69) is 5.32 Å². The summed E-state index contributed by atoms with van der Waals surface area (Å²) in [7, 11) is 0. The highest BCUT2D eigenvalue weighted by Gasteiger charge is 2.18. The van der Waals surface area contributed by atoms with Gasteiger partial charge in [-0.05, 0) is 38.5 Å². The Hall–Kier alpha value is -1.29. The molecule has 0 unspecified atom stereocenters. The largest absolute Gasteiger partial charge is 0.482 e. The summed E-state index contributed by atoms with van der Waals surface area (Å²) < 4.78 is 18.0. The maximum Gasteiger partial charge on any atom is 0.258 e. The van der Waals surface area contributed by atoms with Crippen LogP contribution in [0.4, 0.5) is 4.39 Å². The molecule has 100 valence electrons. The summed E-state index contributed by atoms with van der Waals surface area (Å²) in [5.74, 6) is -0.381. The van der Waals surface area contributed by atoms with Crippen LogP contribution < -0.4 is 10.1 Å². The first kappa shape index (κ1) is 14.8. The van der Waals surface area contributed by atoms with Crippen molar-refractivity contribution in [2.45, 2.75) is 32.7 Å². The molecule has 0 fully saturated rings. The van der Waals surface area contributed by atoms with Gasteiger partial charge >= 0.3 is 0 Å². The van der Waals surface area contributed by atoms with Crippen LogP contribution in [0, 0.1) is 5.82 Å². The summed E-state index contributed by atoms with van der Waals surface area (Å²) in [6, 6.07) is 3.77. The molecular formula is C13H17ClFNO2. The molecule has 1 aromatic rings. The first-order chi connectivity index (χ1) is 8.34. The molecule has 0 aliphatic rings. The van der Waals surface area contributed by atoms with Crippen LogP contribution in [0.25, 0.3) is 0 Å². The molecule has 0 heterocycles. The Morgan fingerprint density at radius 2 is 2.17 bits per heavy atom. The minimum atomic E-state index is -0.441. The van der Waals surface area contributed by atoms with Gasteiger partial charge in [0.25, 0.3) is 5.91 Å².